The van der Waals surface area contributed by atoms with Gasteiger partial charge in [0.2, 0.25) is 0 Å². The van der Waals surface area contributed by atoms with Crippen LogP contribution in [0.25, 0.3) is 0 Å². The molecule has 132 valence electrons. The lowest BCUT2D eigenvalue weighted by molar-refractivity contribution is 0.100. The monoisotopic (exact) mass is 352 g/mol. The topological polar surface area (TPSA) is 119 Å². The van der Waals surface area contributed by atoms with Crippen LogP contribution in [0.4, 0.5) is 27.3 Å². The van der Waals surface area contributed by atoms with E-state index in [0.29, 0.717) is 23.7 Å². The van der Waals surface area contributed by atoms with E-state index in [1.165, 1.54) is 24.4 Å². The second kappa shape index (κ2) is 7.47. The number of nitrogens with two attached hydrogens (primary N) is 2. The summed E-state index contributed by atoms with van der Waals surface area (Å²) < 4.78 is 13.3. The Labute approximate surface area is 149 Å². The van der Waals surface area contributed by atoms with Crippen LogP contribution in [0, 0.1) is 5.82 Å². The van der Waals surface area contributed by atoms with Crippen LogP contribution in [0.5, 0.6) is 0 Å². The normalized spacial score (nSPS) is 10.3. The number of aromatic nitrogens is 2. The van der Waals surface area contributed by atoms with Crippen molar-refractivity contribution < 1.29 is 9.18 Å². The molecule has 1 aromatic carbocycles. The summed E-state index contributed by atoms with van der Waals surface area (Å²) in [5.41, 5.74) is 13.3. The fraction of sp³-hybridized carbons (Fsp3) is 0.0556. The first-order valence-corrected chi connectivity index (χ1v) is 7.77. The van der Waals surface area contributed by atoms with Crippen LogP contribution in [0.15, 0.2) is 55.0 Å². The Morgan fingerprint density at radius 1 is 1.19 bits per heavy atom. The van der Waals surface area contributed by atoms with Crippen molar-refractivity contribution in [3.8, 4) is 0 Å². The van der Waals surface area contributed by atoms with Gasteiger partial charge in [-0.3, -0.25) is 9.78 Å². The number of amides is 1. The van der Waals surface area contributed by atoms with E-state index in [4.69, 9.17) is 11.5 Å². The van der Waals surface area contributed by atoms with Gasteiger partial charge in [0.05, 0.1) is 16.9 Å². The molecular formula is C18H17FN6O. The van der Waals surface area contributed by atoms with Crippen molar-refractivity contribution in [1.29, 1.82) is 0 Å². The van der Waals surface area contributed by atoms with Crippen molar-refractivity contribution in [2.45, 2.75) is 6.54 Å². The highest BCUT2D eigenvalue weighted by Gasteiger charge is 2.11. The van der Waals surface area contributed by atoms with Crippen LogP contribution >= 0.6 is 0 Å². The molecule has 1 amide bonds. The van der Waals surface area contributed by atoms with Gasteiger partial charge in [0.1, 0.15) is 11.6 Å². The Balaban J connectivity index is 1.83. The Hall–Kier alpha value is -3.68. The maximum Gasteiger partial charge on any atom is 0.252 e. The number of halogens is 1. The molecule has 8 heteroatoms. The number of carbonyl (C=O) groups is 1. The lowest BCUT2D eigenvalue weighted by Gasteiger charge is -2.13. The Bertz CT molecular complexity index is 932. The fourth-order valence-corrected chi connectivity index (χ4v) is 2.34. The number of nitrogens with one attached hydrogen (secondary N) is 2. The summed E-state index contributed by atoms with van der Waals surface area (Å²) in [5, 5.41) is 6.17. The van der Waals surface area contributed by atoms with E-state index in [1.807, 2.05) is 12.1 Å². The zero-order valence-electron chi connectivity index (χ0n) is 13.7. The minimum Gasteiger partial charge on any atom is -0.396 e. The van der Waals surface area contributed by atoms with Gasteiger partial charge >= 0.3 is 0 Å². The van der Waals surface area contributed by atoms with Gasteiger partial charge < -0.3 is 22.1 Å². The predicted molar refractivity (Wildman–Crippen MR) is 98.4 cm³/mol. The summed E-state index contributed by atoms with van der Waals surface area (Å²) >= 11 is 0. The number of benzene rings is 1. The third kappa shape index (κ3) is 4.04. The maximum atomic E-state index is 13.3. The number of anilines is 4. The van der Waals surface area contributed by atoms with Crippen LogP contribution in [0.1, 0.15) is 15.9 Å². The van der Waals surface area contributed by atoms with Gasteiger partial charge in [-0.25, -0.2) is 9.37 Å². The predicted octanol–water partition coefficient (Wildman–Crippen LogP) is 2.65. The number of pyridine rings is 2. The molecule has 0 spiro atoms. The zero-order chi connectivity index (χ0) is 18.5. The van der Waals surface area contributed by atoms with Crippen LogP contribution in [-0.4, -0.2) is 15.9 Å². The van der Waals surface area contributed by atoms with Gasteiger partial charge in [0.25, 0.3) is 5.91 Å². The lowest BCUT2D eigenvalue weighted by atomic mass is 10.2. The Morgan fingerprint density at radius 3 is 2.73 bits per heavy atom. The van der Waals surface area contributed by atoms with Crippen molar-refractivity contribution >= 4 is 28.8 Å². The SMILES string of the molecule is NC(=O)c1cnc(Nc2ccc(F)c(N)c2)cc1NCc1cccnc1. The third-order valence-corrected chi connectivity index (χ3v) is 3.64. The smallest absolute Gasteiger partial charge is 0.252 e. The first kappa shape index (κ1) is 17.2. The molecule has 3 aromatic rings. The molecule has 6 N–H and O–H groups in total. The van der Waals surface area contributed by atoms with Gasteiger partial charge in [0, 0.05) is 36.9 Å². The van der Waals surface area contributed by atoms with Crippen LogP contribution in [0.3, 0.4) is 0 Å². The molecule has 0 aliphatic heterocycles. The molecule has 2 heterocycles. The number of primary amides is 1. The van der Waals surface area contributed by atoms with E-state index < -0.39 is 11.7 Å². The average molecular weight is 352 g/mol. The zero-order valence-corrected chi connectivity index (χ0v) is 13.7. The molecule has 26 heavy (non-hydrogen) atoms. The highest BCUT2D eigenvalue weighted by Crippen LogP contribution is 2.24. The van der Waals surface area contributed by atoms with E-state index in [9.17, 15) is 9.18 Å². The van der Waals surface area contributed by atoms with E-state index in [-0.39, 0.29) is 11.3 Å². The van der Waals surface area contributed by atoms with E-state index in [1.54, 1.807) is 18.5 Å². The molecule has 0 atom stereocenters. The van der Waals surface area contributed by atoms with Crippen LogP contribution in [-0.2, 0) is 6.54 Å². The number of carbonyl (C=O) groups excluding carboxylic acids is 1. The first-order chi connectivity index (χ1) is 12.5. The molecule has 0 saturated heterocycles. The molecule has 0 fully saturated rings. The number of hydrogen-bond acceptors (Lipinski definition) is 6. The van der Waals surface area contributed by atoms with E-state index in [2.05, 4.69) is 20.6 Å². The van der Waals surface area contributed by atoms with E-state index >= 15 is 0 Å². The standard InChI is InChI=1S/C18H17FN6O/c19-14-4-3-12(6-15(14)20)25-17-7-16(13(10-24-17)18(21)26)23-9-11-2-1-5-22-8-11/h1-8,10H,9,20H2,(H2,21,26)(H2,23,24,25). The van der Waals surface area contributed by atoms with Gasteiger partial charge in [0.15, 0.2) is 0 Å². The van der Waals surface area contributed by atoms with Gasteiger partial charge in [-0.05, 0) is 29.8 Å². The molecular weight excluding hydrogens is 335 g/mol. The van der Waals surface area contributed by atoms with Crippen molar-refractivity contribution in [3.63, 3.8) is 0 Å². The van der Waals surface area contributed by atoms with Gasteiger partial charge in [-0.15, -0.1) is 0 Å². The highest BCUT2D eigenvalue weighted by molar-refractivity contribution is 5.98. The van der Waals surface area contributed by atoms with Crippen LogP contribution in [0.2, 0.25) is 0 Å². The Morgan fingerprint density at radius 2 is 2.04 bits per heavy atom. The molecule has 2 aromatic heterocycles. The summed E-state index contributed by atoms with van der Waals surface area (Å²) in [5.74, 6) is -0.634. The van der Waals surface area contributed by atoms with Crippen molar-refractivity contribution in [2.75, 3.05) is 16.4 Å². The van der Waals surface area contributed by atoms with Crippen LogP contribution < -0.4 is 22.1 Å². The molecule has 0 unspecified atom stereocenters. The lowest BCUT2D eigenvalue weighted by Crippen LogP contribution is -2.15. The number of hydrogen-bond donors (Lipinski definition) is 4. The highest BCUT2D eigenvalue weighted by atomic mass is 19.1. The molecule has 0 saturated carbocycles. The minimum atomic E-state index is -0.594. The molecule has 0 aliphatic rings. The summed E-state index contributed by atoms with van der Waals surface area (Å²) in [6.45, 7) is 0.459. The minimum absolute atomic E-state index is 0.0266. The number of nitrogens with zero attached hydrogens (tertiary/aromatic N) is 2. The third-order valence-electron chi connectivity index (χ3n) is 3.64. The quantitative estimate of drug-likeness (QED) is 0.506. The molecule has 0 aliphatic carbocycles. The summed E-state index contributed by atoms with van der Waals surface area (Å²) in [4.78, 5) is 19.8. The molecule has 3 rings (SSSR count). The van der Waals surface area contributed by atoms with E-state index in [0.717, 1.165) is 5.56 Å². The number of nitrogen functional groups attached to an aromatic ring is 1. The molecule has 0 radical (unpaired) electrons. The van der Waals surface area contributed by atoms with Gasteiger partial charge in [-0.1, -0.05) is 6.07 Å². The van der Waals surface area contributed by atoms with Gasteiger partial charge in [-0.2, -0.15) is 0 Å². The average Bonchev–Trinajstić information content (AvgIpc) is 2.64. The second-order valence-corrected chi connectivity index (χ2v) is 5.56. The first-order valence-electron chi connectivity index (χ1n) is 7.77. The molecule has 0 bridgehead atoms. The maximum absolute atomic E-state index is 13.3. The second-order valence-electron chi connectivity index (χ2n) is 5.56. The number of rotatable bonds is 6. The van der Waals surface area contributed by atoms with Crippen molar-refractivity contribution in [2.24, 2.45) is 5.73 Å². The fourth-order valence-electron chi connectivity index (χ4n) is 2.34. The van der Waals surface area contributed by atoms with Crippen molar-refractivity contribution in [1.82, 2.24) is 9.97 Å². The van der Waals surface area contributed by atoms with Crippen molar-refractivity contribution in [3.05, 3.63) is 71.9 Å². The summed E-state index contributed by atoms with van der Waals surface area (Å²) in [6, 6.07) is 9.64. The summed E-state index contributed by atoms with van der Waals surface area (Å²) in [6.07, 6.45) is 4.78. The summed E-state index contributed by atoms with van der Waals surface area (Å²) in [7, 11) is 0. The Kier molecular flexibility index (Phi) is 4.93. The molecule has 7 nitrogen and oxygen atoms in total. The largest absolute Gasteiger partial charge is 0.396 e.